The zero-order chi connectivity index (χ0) is 17.3. The van der Waals surface area contributed by atoms with Gasteiger partial charge in [-0.05, 0) is 36.4 Å². The van der Waals surface area contributed by atoms with Gasteiger partial charge in [-0.2, -0.15) is 0 Å². The molecule has 0 fully saturated rings. The first kappa shape index (κ1) is 15.9. The molecule has 0 atom stereocenters. The zero-order valence-corrected chi connectivity index (χ0v) is 13.0. The van der Waals surface area contributed by atoms with Crippen molar-refractivity contribution in [2.75, 3.05) is 5.32 Å². The van der Waals surface area contributed by atoms with E-state index >= 15 is 0 Å². The number of H-pyrrole nitrogens is 1. The molecule has 0 aliphatic rings. The molecule has 0 saturated carbocycles. The van der Waals surface area contributed by atoms with Gasteiger partial charge in [0.1, 0.15) is 0 Å². The Bertz CT molecular complexity index is 1030. The fourth-order valence-electron chi connectivity index (χ4n) is 2.16. The van der Waals surface area contributed by atoms with Crippen molar-refractivity contribution in [1.82, 2.24) is 15.4 Å². The Kier molecular flexibility index (Phi) is 3.93. The summed E-state index contributed by atoms with van der Waals surface area (Å²) in [6.45, 7) is 0. The molecular formula is C14H13N5O4S. The van der Waals surface area contributed by atoms with Gasteiger partial charge in [0.05, 0.1) is 15.9 Å². The molecule has 0 unspecified atom stereocenters. The molecule has 9 nitrogen and oxygen atoms in total. The number of hydrogen-bond donors (Lipinski definition) is 5. The van der Waals surface area contributed by atoms with Gasteiger partial charge in [0.15, 0.2) is 0 Å². The third-order valence-electron chi connectivity index (χ3n) is 3.27. The number of hydrogen-bond acceptors (Lipinski definition) is 6. The lowest BCUT2D eigenvalue weighted by atomic mass is 10.2. The maximum Gasteiger partial charge on any atom is 0.274 e. The summed E-state index contributed by atoms with van der Waals surface area (Å²) in [6, 6.07) is 10.7. The van der Waals surface area contributed by atoms with Crippen LogP contribution in [0.4, 0.5) is 11.6 Å². The quantitative estimate of drug-likeness (QED) is 0.352. The maximum atomic E-state index is 11.4. The monoisotopic (exact) mass is 347 g/mol. The van der Waals surface area contributed by atoms with Crippen LogP contribution in [-0.4, -0.2) is 29.5 Å². The molecule has 1 aromatic heterocycles. The first-order chi connectivity index (χ1) is 11.4. The van der Waals surface area contributed by atoms with E-state index in [9.17, 15) is 13.2 Å². The number of fused-ring (bicyclic) bond motifs is 1. The summed E-state index contributed by atoms with van der Waals surface area (Å²) in [5.74, 6) is -0.279. The second-order valence-electron chi connectivity index (χ2n) is 4.96. The van der Waals surface area contributed by atoms with Crippen LogP contribution in [-0.2, 0) is 10.0 Å². The van der Waals surface area contributed by atoms with Gasteiger partial charge in [-0.1, -0.05) is 6.07 Å². The predicted molar refractivity (Wildman–Crippen MR) is 86.4 cm³/mol. The molecule has 10 heteroatoms. The Hall–Kier alpha value is -2.95. The summed E-state index contributed by atoms with van der Waals surface area (Å²) in [7, 11) is -3.80. The number of aromatic nitrogens is 2. The van der Waals surface area contributed by atoms with Crippen LogP contribution in [0.3, 0.4) is 0 Å². The Balaban J connectivity index is 1.92. The van der Waals surface area contributed by atoms with Crippen LogP contribution in [0.15, 0.2) is 47.4 Å². The third-order valence-corrected chi connectivity index (χ3v) is 4.18. The largest absolute Gasteiger partial charge is 0.326 e. The lowest BCUT2D eigenvalue weighted by molar-refractivity contribution is 0.0706. The van der Waals surface area contributed by atoms with E-state index in [1.165, 1.54) is 24.3 Å². The molecule has 0 spiro atoms. The molecule has 0 bridgehead atoms. The average molecular weight is 347 g/mol. The average Bonchev–Trinajstić information content (AvgIpc) is 2.94. The molecule has 24 heavy (non-hydrogen) atoms. The van der Waals surface area contributed by atoms with E-state index in [1.807, 2.05) is 0 Å². The highest BCUT2D eigenvalue weighted by Crippen LogP contribution is 2.21. The van der Waals surface area contributed by atoms with Gasteiger partial charge in [0.2, 0.25) is 16.0 Å². The van der Waals surface area contributed by atoms with Crippen LogP contribution in [0, 0.1) is 0 Å². The number of imidazole rings is 1. The van der Waals surface area contributed by atoms with E-state index in [2.05, 4.69) is 15.3 Å². The van der Waals surface area contributed by atoms with Crippen LogP contribution in [0.25, 0.3) is 11.0 Å². The molecule has 3 rings (SSSR count). The summed E-state index contributed by atoms with van der Waals surface area (Å²) in [6.07, 6.45) is 0. The van der Waals surface area contributed by atoms with E-state index in [1.54, 1.807) is 23.7 Å². The van der Waals surface area contributed by atoms with Gasteiger partial charge in [-0.15, -0.1) is 0 Å². The highest BCUT2D eigenvalue weighted by molar-refractivity contribution is 7.89. The summed E-state index contributed by atoms with van der Waals surface area (Å²) >= 11 is 0. The molecule has 1 amide bonds. The molecule has 0 saturated heterocycles. The summed E-state index contributed by atoms with van der Waals surface area (Å²) in [5, 5.41) is 16.7. The fourth-order valence-corrected chi connectivity index (χ4v) is 2.69. The fraction of sp³-hybridized carbons (Fsp3) is 0. The van der Waals surface area contributed by atoms with E-state index < -0.39 is 15.9 Å². The standard InChI is InChI=1S/C14H13N5O4S/c15-24(22,23)10-4-5-11-12(7-10)18-14(17-11)16-9-3-1-2-8(6-9)13(20)19-21/h1-7,21H,(H,19,20)(H2,15,22,23)(H2,16,17,18). The Morgan fingerprint density at radius 1 is 1.21 bits per heavy atom. The van der Waals surface area contributed by atoms with Crippen LogP contribution < -0.4 is 15.9 Å². The summed E-state index contributed by atoms with van der Waals surface area (Å²) in [5.41, 5.74) is 3.42. The Morgan fingerprint density at radius 3 is 2.71 bits per heavy atom. The number of sulfonamides is 1. The summed E-state index contributed by atoms with van der Waals surface area (Å²) in [4.78, 5) is 18.6. The highest BCUT2D eigenvalue weighted by Gasteiger charge is 2.11. The lowest BCUT2D eigenvalue weighted by Crippen LogP contribution is -2.18. The third kappa shape index (κ3) is 3.20. The molecule has 124 valence electrons. The molecular weight excluding hydrogens is 334 g/mol. The van der Waals surface area contributed by atoms with Crippen LogP contribution >= 0.6 is 0 Å². The number of nitrogens with one attached hydrogen (secondary N) is 3. The van der Waals surface area contributed by atoms with Gasteiger partial charge < -0.3 is 10.3 Å². The van der Waals surface area contributed by atoms with E-state index in [0.717, 1.165) is 0 Å². The number of anilines is 2. The van der Waals surface area contributed by atoms with Gasteiger partial charge in [0.25, 0.3) is 5.91 Å². The number of primary sulfonamides is 1. The number of rotatable bonds is 4. The molecule has 0 radical (unpaired) electrons. The lowest BCUT2D eigenvalue weighted by Gasteiger charge is -2.04. The molecule has 2 aromatic carbocycles. The first-order valence-electron chi connectivity index (χ1n) is 6.71. The van der Waals surface area contributed by atoms with Crippen molar-refractivity contribution in [1.29, 1.82) is 0 Å². The highest BCUT2D eigenvalue weighted by atomic mass is 32.2. The predicted octanol–water partition coefficient (Wildman–Crippen LogP) is 1.07. The minimum absolute atomic E-state index is 0.0327. The van der Waals surface area contributed by atoms with Crippen molar-refractivity contribution in [3.8, 4) is 0 Å². The zero-order valence-electron chi connectivity index (χ0n) is 12.1. The Morgan fingerprint density at radius 2 is 2.00 bits per heavy atom. The van der Waals surface area contributed by atoms with Crippen molar-refractivity contribution in [3.63, 3.8) is 0 Å². The van der Waals surface area contributed by atoms with Crippen molar-refractivity contribution >= 4 is 38.6 Å². The van der Waals surface area contributed by atoms with Crippen LogP contribution in [0.2, 0.25) is 0 Å². The molecule has 3 aromatic rings. The van der Waals surface area contributed by atoms with Crippen molar-refractivity contribution in [2.45, 2.75) is 4.90 Å². The second kappa shape index (κ2) is 5.92. The van der Waals surface area contributed by atoms with E-state index in [0.29, 0.717) is 22.7 Å². The smallest absolute Gasteiger partial charge is 0.274 e. The molecule has 0 aliphatic heterocycles. The van der Waals surface area contributed by atoms with E-state index in [-0.39, 0.29) is 10.5 Å². The molecule has 1 heterocycles. The normalized spacial score (nSPS) is 11.4. The van der Waals surface area contributed by atoms with Crippen LogP contribution in [0.5, 0.6) is 0 Å². The molecule has 0 aliphatic carbocycles. The number of hydroxylamine groups is 1. The first-order valence-corrected chi connectivity index (χ1v) is 8.25. The number of amides is 1. The number of carbonyl (C=O) groups excluding carboxylic acids is 1. The van der Waals surface area contributed by atoms with Crippen LogP contribution in [0.1, 0.15) is 10.4 Å². The topological polar surface area (TPSA) is 150 Å². The van der Waals surface area contributed by atoms with Gasteiger partial charge in [-0.25, -0.2) is 24.0 Å². The van der Waals surface area contributed by atoms with Crippen molar-refractivity contribution in [3.05, 3.63) is 48.0 Å². The van der Waals surface area contributed by atoms with Gasteiger partial charge in [0, 0.05) is 11.3 Å². The number of carbonyl (C=O) groups is 1. The SMILES string of the molecule is NS(=O)(=O)c1ccc2[nH]c(Nc3cccc(C(=O)NO)c3)nc2c1. The number of nitrogens with two attached hydrogens (primary N) is 1. The number of nitrogens with zero attached hydrogens (tertiary/aromatic N) is 1. The minimum Gasteiger partial charge on any atom is -0.326 e. The van der Waals surface area contributed by atoms with Gasteiger partial charge >= 0.3 is 0 Å². The minimum atomic E-state index is -3.80. The van der Waals surface area contributed by atoms with Crippen molar-refractivity contribution in [2.24, 2.45) is 5.14 Å². The number of aromatic amines is 1. The number of benzene rings is 2. The molecule has 6 N–H and O–H groups in total. The summed E-state index contributed by atoms with van der Waals surface area (Å²) < 4.78 is 22.7. The maximum absolute atomic E-state index is 11.4. The second-order valence-corrected chi connectivity index (χ2v) is 6.52. The van der Waals surface area contributed by atoms with Crippen molar-refractivity contribution < 1.29 is 18.4 Å². The van der Waals surface area contributed by atoms with E-state index in [4.69, 9.17) is 10.3 Å². The Labute approximate surface area is 136 Å². The van der Waals surface area contributed by atoms with Gasteiger partial charge in [-0.3, -0.25) is 10.0 Å².